The largest absolute Gasteiger partial charge is 0.326 e. The molecular weight excluding hydrogens is 402 g/mol. The second kappa shape index (κ2) is 8.60. The number of nitrogens with zero attached hydrogens (tertiary/aromatic N) is 3. The van der Waals surface area contributed by atoms with Crippen molar-refractivity contribution < 1.29 is 13.2 Å². The molecule has 8 nitrogen and oxygen atoms in total. The molecule has 1 aliphatic rings. The highest BCUT2D eigenvalue weighted by molar-refractivity contribution is 7.89. The number of halogens is 1. The van der Waals surface area contributed by atoms with Crippen LogP contribution in [0.1, 0.15) is 17.0 Å². The average molecular weight is 428 g/mol. The Morgan fingerprint density at radius 1 is 1.32 bits per heavy atom. The second-order valence-corrected chi connectivity index (χ2v) is 9.20. The fraction of sp³-hybridized carbons (Fsp3) is 0.444. The summed E-state index contributed by atoms with van der Waals surface area (Å²) in [6, 6.07) is 4.95. The van der Waals surface area contributed by atoms with E-state index in [1.165, 1.54) is 24.5 Å². The van der Waals surface area contributed by atoms with Crippen LogP contribution in [0, 0.1) is 12.8 Å². The summed E-state index contributed by atoms with van der Waals surface area (Å²) in [7, 11) is 1.25. The zero-order chi connectivity index (χ0) is 19.8. The quantitative estimate of drug-likeness (QED) is 0.750. The number of carbonyl (C=O) groups excluding carboxylic acids is 1. The van der Waals surface area contributed by atoms with Gasteiger partial charge in [-0.2, -0.15) is 5.10 Å². The van der Waals surface area contributed by atoms with Crippen molar-refractivity contribution in [3.05, 3.63) is 41.7 Å². The Labute approximate surface area is 171 Å². The van der Waals surface area contributed by atoms with Crippen molar-refractivity contribution in [3.63, 3.8) is 0 Å². The van der Waals surface area contributed by atoms with Gasteiger partial charge in [0.05, 0.1) is 17.0 Å². The van der Waals surface area contributed by atoms with E-state index in [9.17, 15) is 13.2 Å². The first-order valence-electron chi connectivity index (χ1n) is 8.73. The summed E-state index contributed by atoms with van der Waals surface area (Å²) < 4.78 is 27.9. The number of hydrogen-bond acceptors (Lipinski definition) is 5. The smallest absolute Gasteiger partial charge is 0.242 e. The first-order valence-corrected chi connectivity index (χ1v) is 10.2. The van der Waals surface area contributed by atoms with E-state index in [0.717, 1.165) is 5.56 Å². The van der Waals surface area contributed by atoms with E-state index >= 15 is 0 Å². The van der Waals surface area contributed by atoms with Gasteiger partial charge < -0.3 is 10.6 Å². The molecule has 1 fully saturated rings. The maximum Gasteiger partial charge on any atom is 0.242 e. The van der Waals surface area contributed by atoms with E-state index in [1.54, 1.807) is 29.9 Å². The first kappa shape index (κ1) is 22.4. The van der Waals surface area contributed by atoms with Crippen LogP contribution in [0.3, 0.4) is 0 Å². The summed E-state index contributed by atoms with van der Waals surface area (Å²) in [4.78, 5) is 13.0. The zero-order valence-electron chi connectivity index (χ0n) is 16.3. The van der Waals surface area contributed by atoms with Crippen LogP contribution in [0.15, 0.2) is 35.5 Å². The van der Waals surface area contributed by atoms with Gasteiger partial charge in [0.1, 0.15) is 0 Å². The topological polar surface area (TPSA) is 96.3 Å². The Balaban J connectivity index is 0.00000280. The Bertz CT molecular complexity index is 958. The number of hydrogen-bond donors (Lipinski definition) is 2. The van der Waals surface area contributed by atoms with Gasteiger partial charge in [-0.15, -0.1) is 12.4 Å². The monoisotopic (exact) mass is 427 g/mol. The molecule has 154 valence electrons. The molecular formula is C18H26ClN5O3S. The van der Waals surface area contributed by atoms with Gasteiger partial charge in [-0.1, -0.05) is 6.07 Å². The maximum absolute atomic E-state index is 12.8. The molecule has 1 aromatic carbocycles. The summed E-state index contributed by atoms with van der Waals surface area (Å²) in [5.74, 6) is -0.343. The molecule has 0 aliphatic carbocycles. The predicted molar refractivity (Wildman–Crippen MR) is 110 cm³/mol. The predicted octanol–water partition coefficient (Wildman–Crippen LogP) is 1.34. The second-order valence-electron chi connectivity index (χ2n) is 7.08. The summed E-state index contributed by atoms with van der Waals surface area (Å²) in [6.07, 6.45) is 3.71. The molecule has 28 heavy (non-hydrogen) atoms. The van der Waals surface area contributed by atoms with Gasteiger partial charge in [0.15, 0.2) is 0 Å². The molecule has 1 aromatic heterocycles. The fourth-order valence-corrected chi connectivity index (χ4v) is 4.47. The van der Waals surface area contributed by atoms with Crippen molar-refractivity contribution in [2.45, 2.75) is 17.7 Å². The average Bonchev–Trinajstić information content (AvgIpc) is 3.24. The highest BCUT2D eigenvalue weighted by Gasteiger charge is 2.35. The standard InChI is InChI=1S/C18H25N5O3S.ClH/c1-12-5-6-14(7-17(12)27(25,26)22(2)3)21-18(24)16-10-19-9-15(16)13-8-20-23(4)11-13;/h5-8,11,15-16,19H,9-10H2,1-4H3,(H,21,24);1H/t15-,16+;/m1./s1. The maximum atomic E-state index is 12.8. The van der Waals surface area contributed by atoms with Crippen molar-refractivity contribution in [1.82, 2.24) is 19.4 Å². The van der Waals surface area contributed by atoms with Crippen LogP contribution in [-0.2, 0) is 21.9 Å². The van der Waals surface area contributed by atoms with E-state index in [-0.39, 0.29) is 35.0 Å². The van der Waals surface area contributed by atoms with Crippen LogP contribution < -0.4 is 10.6 Å². The highest BCUT2D eigenvalue weighted by atomic mass is 35.5. The van der Waals surface area contributed by atoms with E-state index in [1.807, 2.05) is 13.2 Å². The molecule has 2 aromatic rings. The summed E-state index contributed by atoms with van der Waals surface area (Å²) in [5, 5.41) is 10.3. The Morgan fingerprint density at radius 2 is 2.04 bits per heavy atom. The number of anilines is 1. The molecule has 0 radical (unpaired) electrons. The molecule has 0 spiro atoms. The van der Waals surface area contributed by atoms with Crippen molar-refractivity contribution in [2.75, 3.05) is 32.5 Å². The van der Waals surface area contributed by atoms with Crippen LogP contribution in [0.5, 0.6) is 0 Å². The number of aromatic nitrogens is 2. The van der Waals surface area contributed by atoms with Gasteiger partial charge in [0.25, 0.3) is 0 Å². The molecule has 3 rings (SSSR count). The molecule has 0 saturated carbocycles. The lowest BCUT2D eigenvalue weighted by atomic mass is 9.90. The lowest BCUT2D eigenvalue weighted by Crippen LogP contribution is -2.28. The number of amides is 1. The number of carbonyl (C=O) groups is 1. The van der Waals surface area contributed by atoms with Gasteiger partial charge >= 0.3 is 0 Å². The molecule has 2 N–H and O–H groups in total. The summed E-state index contributed by atoms with van der Waals surface area (Å²) in [6.45, 7) is 3.01. The number of benzene rings is 1. The first-order chi connectivity index (χ1) is 12.7. The third-order valence-corrected chi connectivity index (χ3v) is 6.88. The van der Waals surface area contributed by atoms with Crippen LogP contribution in [0.25, 0.3) is 0 Å². The molecule has 2 heterocycles. The molecule has 1 amide bonds. The van der Waals surface area contributed by atoms with Crippen LogP contribution in [0.2, 0.25) is 0 Å². The van der Waals surface area contributed by atoms with Crippen LogP contribution in [-0.4, -0.2) is 55.6 Å². The van der Waals surface area contributed by atoms with Crippen molar-refractivity contribution >= 4 is 34.0 Å². The number of aryl methyl sites for hydroxylation is 2. The zero-order valence-corrected chi connectivity index (χ0v) is 18.0. The Morgan fingerprint density at radius 3 is 2.64 bits per heavy atom. The van der Waals surface area contributed by atoms with Crippen molar-refractivity contribution in [3.8, 4) is 0 Å². The summed E-state index contributed by atoms with van der Waals surface area (Å²) >= 11 is 0. The summed E-state index contributed by atoms with van der Waals surface area (Å²) in [5.41, 5.74) is 2.13. The minimum Gasteiger partial charge on any atom is -0.326 e. The number of nitrogens with one attached hydrogen (secondary N) is 2. The van der Waals surface area contributed by atoms with E-state index in [2.05, 4.69) is 15.7 Å². The van der Waals surface area contributed by atoms with Crippen molar-refractivity contribution in [1.29, 1.82) is 0 Å². The minimum absolute atomic E-state index is 0. The fourth-order valence-electron chi connectivity index (χ4n) is 3.32. The Hall–Kier alpha value is -1.94. The normalized spacial score (nSPS) is 19.5. The number of sulfonamides is 1. The third kappa shape index (κ3) is 4.38. The van der Waals surface area contributed by atoms with E-state index < -0.39 is 10.0 Å². The van der Waals surface area contributed by atoms with E-state index in [4.69, 9.17) is 0 Å². The lowest BCUT2D eigenvalue weighted by molar-refractivity contribution is -0.119. The van der Waals surface area contributed by atoms with Gasteiger partial charge in [0.2, 0.25) is 15.9 Å². The van der Waals surface area contributed by atoms with Gasteiger partial charge in [-0.25, -0.2) is 12.7 Å². The highest BCUT2D eigenvalue weighted by Crippen LogP contribution is 2.29. The molecule has 2 atom stereocenters. The van der Waals surface area contributed by atoms with Gasteiger partial charge in [-0.05, 0) is 30.2 Å². The van der Waals surface area contributed by atoms with Crippen molar-refractivity contribution in [2.24, 2.45) is 13.0 Å². The molecule has 0 unspecified atom stereocenters. The molecule has 10 heteroatoms. The molecule has 1 aliphatic heterocycles. The van der Waals surface area contributed by atoms with Crippen LogP contribution in [0.4, 0.5) is 5.69 Å². The van der Waals surface area contributed by atoms with E-state index in [0.29, 0.717) is 24.3 Å². The Kier molecular flexibility index (Phi) is 6.87. The van der Waals surface area contributed by atoms with Crippen LogP contribution >= 0.6 is 12.4 Å². The molecule has 1 saturated heterocycles. The third-order valence-electron chi connectivity index (χ3n) is 4.92. The SMILES string of the molecule is Cc1ccc(NC(=O)[C@H]2CNC[C@@H]2c2cnn(C)c2)cc1S(=O)(=O)N(C)C.Cl. The van der Waals surface area contributed by atoms with Gasteiger partial charge in [0, 0.05) is 52.0 Å². The minimum atomic E-state index is -3.58. The number of rotatable bonds is 5. The lowest BCUT2D eigenvalue weighted by Gasteiger charge is -2.18. The van der Waals surface area contributed by atoms with Gasteiger partial charge in [-0.3, -0.25) is 9.48 Å². The molecule has 0 bridgehead atoms.